The standard InChI is InChI=1S/C23H24N4O/c1-3-16-10-12-17(13-11-16)24-22-21-19(8-5-9-20(21)28)26-23(27-22)25-18-7-4-6-15(2)14-18/h4,6-7,10-14H,3,5,8-9H2,1-2H3,(H2,24,25,26,27). The van der Waals surface area contributed by atoms with Gasteiger partial charge in [-0.2, -0.15) is 4.98 Å². The maximum Gasteiger partial charge on any atom is 0.229 e. The number of nitrogens with one attached hydrogen (secondary N) is 2. The van der Waals surface area contributed by atoms with E-state index in [-0.39, 0.29) is 5.78 Å². The largest absolute Gasteiger partial charge is 0.339 e. The van der Waals surface area contributed by atoms with Crippen LogP contribution >= 0.6 is 0 Å². The first-order valence-electron chi connectivity index (χ1n) is 9.76. The van der Waals surface area contributed by atoms with Crippen molar-refractivity contribution >= 4 is 28.9 Å². The molecule has 0 amide bonds. The molecule has 0 unspecified atom stereocenters. The Balaban J connectivity index is 1.71. The number of rotatable bonds is 5. The molecule has 1 aliphatic carbocycles. The summed E-state index contributed by atoms with van der Waals surface area (Å²) in [6.07, 6.45) is 3.16. The molecule has 5 nitrogen and oxygen atoms in total. The third kappa shape index (κ3) is 3.88. The molecule has 4 rings (SSSR count). The Kier molecular flexibility index (Phi) is 5.06. The van der Waals surface area contributed by atoms with E-state index in [0.29, 0.717) is 23.8 Å². The molecule has 28 heavy (non-hydrogen) atoms. The van der Waals surface area contributed by atoms with Crippen LogP contribution in [-0.4, -0.2) is 15.8 Å². The zero-order valence-electron chi connectivity index (χ0n) is 16.2. The molecule has 0 atom stereocenters. The zero-order valence-corrected chi connectivity index (χ0v) is 16.2. The topological polar surface area (TPSA) is 66.9 Å². The summed E-state index contributed by atoms with van der Waals surface area (Å²) >= 11 is 0. The summed E-state index contributed by atoms with van der Waals surface area (Å²) in [5.41, 5.74) is 5.72. The second-order valence-electron chi connectivity index (χ2n) is 7.16. The fourth-order valence-corrected chi connectivity index (χ4v) is 3.48. The number of ketones is 1. The lowest BCUT2D eigenvalue weighted by atomic mass is 9.95. The summed E-state index contributed by atoms with van der Waals surface area (Å²) in [5.74, 6) is 1.19. The van der Waals surface area contributed by atoms with Gasteiger partial charge in [-0.15, -0.1) is 0 Å². The molecule has 0 bridgehead atoms. The van der Waals surface area contributed by atoms with Crippen molar-refractivity contribution in [1.29, 1.82) is 0 Å². The van der Waals surface area contributed by atoms with Crippen LogP contribution < -0.4 is 10.6 Å². The van der Waals surface area contributed by atoms with Gasteiger partial charge < -0.3 is 10.6 Å². The second-order valence-corrected chi connectivity index (χ2v) is 7.16. The molecule has 1 heterocycles. The Bertz CT molecular complexity index is 1010. The van der Waals surface area contributed by atoms with E-state index >= 15 is 0 Å². The number of hydrogen-bond acceptors (Lipinski definition) is 5. The van der Waals surface area contributed by atoms with E-state index in [1.54, 1.807) is 0 Å². The summed E-state index contributed by atoms with van der Waals surface area (Å²) < 4.78 is 0. The average molecular weight is 372 g/mol. The summed E-state index contributed by atoms with van der Waals surface area (Å²) in [6.45, 7) is 4.18. The number of hydrogen-bond donors (Lipinski definition) is 2. The van der Waals surface area contributed by atoms with E-state index in [1.807, 2.05) is 43.3 Å². The van der Waals surface area contributed by atoms with Gasteiger partial charge in [0.15, 0.2) is 5.78 Å². The number of carbonyl (C=O) groups is 1. The number of Topliss-reactive ketones (excluding diaryl/α,β-unsaturated/α-hetero) is 1. The Labute approximate surface area is 165 Å². The van der Waals surface area contributed by atoms with Gasteiger partial charge in [0.05, 0.1) is 11.3 Å². The summed E-state index contributed by atoms with van der Waals surface area (Å²) in [7, 11) is 0. The molecular formula is C23H24N4O. The Morgan fingerprint density at radius 2 is 1.79 bits per heavy atom. The summed E-state index contributed by atoms with van der Waals surface area (Å²) in [6, 6.07) is 16.3. The third-order valence-electron chi connectivity index (χ3n) is 4.98. The Morgan fingerprint density at radius 3 is 2.54 bits per heavy atom. The number of carbonyl (C=O) groups excluding carboxylic acids is 1. The third-order valence-corrected chi connectivity index (χ3v) is 4.98. The number of fused-ring (bicyclic) bond motifs is 1. The minimum Gasteiger partial charge on any atom is -0.339 e. The van der Waals surface area contributed by atoms with Crippen molar-refractivity contribution < 1.29 is 4.79 Å². The number of nitrogens with zero attached hydrogens (tertiary/aromatic N) is 2. The first kappa shape index (κ1) is 18.2. The smallest absolute Gasteiger partial charge is 0.229 e. The van der Waals surface area contributed by atoms with Crippen LogP contribution in [0.3, 0.4) is 0 Å². The first-order valence-corrected chi connectivity index (χ1v) is 9.76. The minimum atomic E-state index is 0.107. The van der Waals surface area contributed by atoms with Crippen molar-refractivity contribution in [2.75, 3.05) is 10.6 Å². The number of aryl methyl sites for hydroxylation is 3. The van der Waals surface area contributed by atoms with Crippen molar-refractivity contribution in [1.82, 2.24) is 9.97 Å². The van der Waals surface area contributed by atoms with E-state index in [1.165, 1.54) is 5.56 Å². The maximum atomic E-state index is 12.6. The van der Waals surface area contributed by atoms with Crippen LogP contribution in [0.15, 0.2) is 48.5 Å². The minimum absolute atomic E-state index is 0.107. The molecule has 0 fully saturated rings. The van der Waals surface area contributed by atoms with Crippen LogP contribution in [0.5, 0.6) is 0 Å². The molecule has 0 radical (unpaired) electrons. The maximum absolute atomic E-state index is 12.6. The molecule has 2 N–H and O–H groups in total. The molecule has 142 valence electrons. The van der Waals surface area contributed by atoms with Gasteiger partial charge >= 0.3 is 0 Å². The van der Waals surface area contributed by atoms with Crippen molar-refractivity contribution in [3.8, 4) is 0 Å². The van der Waals surface area contributed by atoms with Gasteiger partial charge in [0.25, 0.3) is 0 Å². The Hall–Kier alpha value is -3.21. The van der Waals surface area contributed by atoms with Gasteiger partial charge in [0.1, 0.15) is 5.82 Å². The first-order chi connectivity index (χ1) is 13.6. The van der Waals surface area contributed by atoms with Gasteiger partial charge in [-0.05, 0) is 61.6 Å². The average Bonchev–Trinajstić information content (AvgIpc) is 2.68. The van der Waals surface area contributed by atoms with Crippen LogP contribution in [0.1, 0.15) is 46.9 Å². The number of aromatic nitrogens is 2. The molecule has 0 saturated carbocycles. The van der Waals surface area contributed by atoms with Crippen molar-refractivity contribution in [3.63, 3.8) is 0 Å². The van der Waals surface area contributed by atoms with E-state index in [4.69, 9.17) is 0 Å². The molecule has 1 aromatic heterocycles. The molecular weight excluding hydrogens is 348 g/mol. The highest BCUT2D eigenvalue weighted by Crippen LogP contribution is 2.30. The lowest BCUT2D eigenvalue weighted by Crippen LogP contribution is -2.17. The predicted molar refractivity (Wildman–Crippen MR) is 113 cm³/mol. The number of benzene rings is 2. The highest BCUT2D eigenvalue weighted by Gasteiger charge is 2.24. The van der Waals surface area contributed by atoms with Crippen LogP contribution in [0.25, 0.3) is 0 Å². The van der Waals surface area contributed by atoms with Gasteiger partial charge in [0, 0.05) is 17.8 Å². The van der Waals surface area contributed by atoms with Crippen LogP contribution in [0.4, 0.5) is 23.1 Å². The van der Waals surface area contributed by atoms with Gasteiger partial charge in [0.2, 0.25) is 5.95 Å². The van der Waals surface area contributed by atoms with E-state index in [0.717, 1.165) is 41.9 Å². The van der Waals surface area contributed by atoms with Crippen molar-refractivity contribution in [2.24, 2.45) is 0 Å². The molecule has 5 heteroatoms. The highest BCUT2D eigenvalue weighted by molar-refractivity contribution is 6.03. The SMILES string of the molecule is CCc1ccc(Nc2nc(Nc3cccc(C)c3)nc3c2C(=O)CCC3)cc1. The van der Waals surface area contributed by atoms with E-state index in [2.05, 4.69) is 39.7 Å². The monoisotopic (exact) mass is 372 g/mol. The van der Waals surface area contributed by atoms with Crippen LogP contribution in [-0.2, 0) is 12.8 Å². The summed E-state index contributed by atoms with van der Waals surface area (Å²) in [5, 5.41) is 6.62. The predicted octanol–water partition coefficient (Wildman–Crippen LogP) is 5.35. The normalized spacial score (nSPS) is 13.1. The molecule has 0 saturated heterocycles. The molecule has 1 aliphatic rings. The zero-order chi connectivity index (χ0) is 19.5. The van der Waals surface area contributed by atoms with Gasteiger partial charge in [-0.25, -0.2) is 4.98 Å². The van der Waals surface area contributed by atoms with Crippen LogP contribution in [0, 0.1) is 6.92 Å². The second kappa shape index (κ2) is 7.80. The van der Waals surface area contributed by atoms with E-state index < -0.39 is 0 Å². The molecule has 3 aromatic rings. The fraction of sp³-hybridized carbons (Fsp3) is 0.261. The van der Waals surface area contributed by atoms with Crippen molar-refractivity contribution in [2.45, 2.75) is 39.5 Å². The van der Waals surface area contributed by atoms with Crippen molar-refractivity contribution in [3.05, 3.63) is 70.9 Å². The fourth-order valence-electron chi connectivity index (χ4n) is 3.48. The highest BCUT2D eigenvalue weighted by atomic mass is 16.1. The lowest BCUT2D eigenvalue weighted by Gasteiger charge is -2.19. The van der Waals surface area contributed by atoms with Crippen LogP contribution in [0.2, 0.25) is 0 Å². The molecule has 0 spiro atoms. The Morgan fingerprint density at radius 1 is 0.964 bits per heavy atom. The molecule has 2 aromatic carbocycles. The molecule has 0 aliphatic heterocycles. The summed E-state index contributed by atoms with van der Waals surface area (Å²) in [4.78, 5) is 21.9. The number of anilines is 4. The quantitative estimate of drug-likeness (QED) is 0.632. The van der Waals surface area contributed by atoms with Gasteiger partial charge in [-0.1, -0.05) is 31.2 Å². The van der Waals surface area contributed by atoms with E-state index in [9.17, 15) is 4.79 Å². The van der Waals surface area contributed by atoms with Gasteiger partial charge in [-0.3, -0.25) is 4.79 Å². The lowest BCUT2D eigenvalue weighted by molar-refractivity contribution is 0.0972.